The zero-order chi connectivity index (χ0) is 19.1. The van der Waals surface area contributed by atoms with Crippen LogP contribution in [0.1, 0.15) is 66.9 Å². The molecule has 1 saturated carbocycles. The minimum atomic E-state index is -0.00883. The first-order chi connectivity index (χ1) is 13.0. The molecule has 1 amide bonds. The van der Waals surface area contributed by atoms with Gasteiger partial charge in [-0.05, 0) is 46.0 Å². The molecule has 0 bridgehead atoms. The molecule has 1 aliphatic heterocycles. The molecule has 8 nitrogen and oxygen atoms in total. The van der Waals surface area contributed by atoms with Gasteiger partial charge < -0.3 is 9.42 Å². The summed E-state index contributed by atoms with van der Waals surface area (Å²) in [7, 11) is 1.72. The van der Waals surface area contributed by atoms with Gasteiger partial charge in [0.1, 0.15) is 11.6 Å². The third kappa shape index (κ3) is 3.44. The van der Waals surface area contributed by atoms with Crippen LogP contribution in [0.15, 0.2) is 9.32 Å². The zero-order valence-electron chi connectivity index (χ0n) is 16.3. The van der Waals surface area contributed by atoms with Crippen molar-refractivity contribution in [3.8, 4) is 0 Å². The van der Waals surface area contributed by atoms with E-state index in [4.69, 9.17) is 4.52 Å². The minimum Gasteiger partial charge on any atom is -0.361 e. The lowest BCUT2D eigenvalue weighted by Crippen LogP contribution is -2.38. The van der Waals surface area contributed by atoms with Crippen LogP contribution in [0.5, 0.6) is 0 Å². The molecule has 1 saturated heterocycles. The molecule has 1 aliphatic carbocycles. The Kier molecular flexibility index (Phi) is 4.65. The fraction of sp³-hybridized carbons (Fsp3) is 0.684. The fourth-order valence-electron chi connectivity index (χ4n) is 4.09. The van der Waals surface area contributed by atoms with Crippen LogP contribution in [0.3, 0.4) is 0 Å². The monoisotopic (exact) mass is 373 g/mol. The van der Waals surface area contributed by atoms with Gasteiger partial charge in [-0.3, -0.25) is 9.36 Å². The molecule has 8 heteroatoms. The highest BCUT2D eigenvalue weighted by atomic mass is 16.5. The van der Waals surface area contributed by atoms with Crippen LogP contribution in [0.4, 0.5) is 0 Å². The van der Waals surface area contributed by atoms with E-state index in [9.17, 15) is 9.59 Å². The van der Waals surface area contributed by atoms with Crippen LogP contribution in [0.25, 0.3) is 0 Å². The second-order valence-electron chi connectivity index (χ2n) is 7.82. The van der Waals surface area contributed by atoms with Gasteiger partial charge in [0.15, 0.2) is 0 Å². The van der Waals surface area contributed by atoms with Crippen LogP contribution in [-0.4, -0.2) is 43.4 Å². The third-order valence-electron chi connectivity index (χ3n) is 5.88. The normalized spacial score (nSPS) is 18.3. The molecule has 0 spiro atoms. The molecule has 0 N–H and O–H groups in total. The molecular formula is C19H27N5O3. The maximum absolute atomic E-state index is 12.6. The van der Waals surface area contributed by atoms with Crippen molar-refractivity contribution in [2.75, 3.05) is 13.1 Å². The maximum Gasteiger partial charge on any atom is 0.345 e. The van der Waals surface area contributed by atoms with E-state index in [1.54, 1.807) is 7.05 Å². The summed E-state index contributed by atoms with van der Waals surface area (Å²) in [5, 5.41) is 8.45. The second-order valence-corrected chi connectivity index (χ2v) is 7.82. The van der Waals surface area contributed by atoms with Gasteiger partial charge in [-0.2, -0.15) is 5.10 Å². The second kappa shape index (κ2) is 6.98. The van der Waals surface area contributed by atoms with Crippen molar-refractivity contribution in [3.05, 3.63) is 33.3 Å². The summed E-state index contributed by atoms with van der Waals surface area (Å²) < 4.78 is 8.51. The molecule has 3 heterocycles. The number of carbonyl (C=O) groups is 1. The molecule has 2 aromatic heterocycles. The van der Waals surface area contributed by atoms with E-state index in [0.29, 0.717) is 18.9 Å². The molecule has 2 aliphatic rings. The van der Waals surface area contributed by atoms with E-state index >= 15 is 0 Å². The number of aryl methyl sites for hydroxylation is 3. The first kappa shape index (κ1) is 18.0. The van der Waals surface area contributed by atoms with E-state index in [1.807, 2.05) is 23.3 Å². The van der Waals surface area contributed by atoms with Crippen molar-refractivity contribution in [3.63, 3.8) is 0 Å². The van der Waals surface area contributed by atoms with Crippen LogP contribution >= 0.6 is 0 Å². The highest BCUT2D eigenvalue weighted by Gasteiger charge is 2.34. The standard InChI is InChI=1S/C19H27N5O3/c1-12-16(13(2)27-21-12)6-7-17(25)23-10-8-14(9-11-23)18-20-22(3)19(26)24(18)15-4-5-15/h14-15H,4-11H2,1-3H3. The lowest BCUT2D eigenvalue weighted by atomic mass is 9.95. The van der Waals surface area contributed by atoms with Crippen LogP contribution in [-0.2, 0) is 18.3 Å². The zero-order valence-corrected chi connectivity index (χ0v) is 16.3. The van der Waals surface area contributed by atoms with Crippen molar-refractivity contribution >= 4 is 5.91 Å². The minimum absolute atomic E-state index is 0.00883. The van der Waals surface area contributed by atoms with Crippen molar-refractivity contribution in [1.82, 2.24) is 24.4 Å². The number of hydrogen-bond donors (Lipinski definition) is 0. The van der Waals surface area contributed by atoms with Crippen LogP contribution in [0, 0.1) is 13.8 Å². The van der Waals surface area contributed by atoms with Crippen LogP contribution in [0.2, 0.25) is 0 Å². The first-order valence-corrected chi connectivity index (χ1v) is 9.80. The average molecular weight is 373 g/mol. The lowest BCUT2D eigenvalue weighted by molar-refractivity contribution is -0.132. The van der Waals surface area contributed by atoms with E-state index in [2.05, 4.69) is 10.3 Å². The summed E-state index contributed by atoms with van der Waals surface area (Å²) in [5.41, 5.74) is 1.90. The quantitative estimate of drug-likeness (QED) is 0.798. The van der Waals surface area contributed by atoms with Crippen molar-refractivity contribution < 1.29 is 9.32 Å². The third-order valence-corrected chi connectivity index (χ3v) is 5.88. The number of hydrogen-bond acceptors (Lipinski definition) is 5. The molecular weight excluding hydrogens is 346 g/mol. The number of rotatable bonds is 5. The van der Waals surface area contributed by atoms with Gasteiger partial charge in [0.05, 0.1) is 5.69 Å². The number of amides is 1. The molecule has 0 unspecified atom stereocenters. The summed E-state index contributed by atoms with van der Waals surface area (Å²) in [5.74, 6) is 2.14. The number of nitrogens with zero attached hydrogens (tertiary/aromatic N) is 5. The Bertz CT molecular complexity index is 878. The van der Waals surface area contributed by atoms with Gasteiger partial charge in [-0.1, -0.05) is 5.16 Å². The Balaban J connectivity index is 1.36. The van der Waals surface area contributed by atoms with Crippen molar-refractivity contribution in [2.24, 2.45) is 7.05 Å². The van der Waals surface area contributed by atoms with Gasteiger partial charge >= 0.3 is 5.69 Å². The largest absolute Gasteiger partial charge is 0.361 e. The van der Waals surface area contributed by atoms with E-state index in [1.165, 1.54) is 4.68 Å². The Morgan fingerprint density at radius 1 is 1.19 bits per heavy atom. The van der Waals surface area contributed by atoms with Crippen molar-refractivity contribution in [1.29, 1.82) is 0 Å². The highest BCUT2D eigenvalue weighted by Crippen LogP contribution is 2.37. The predicted octanol–water partition coefficient (Wildman–Crippen LogP) is 1.86. The number of likely N-dealkylation sites (tertiary alicyclic amines) is 1. The topological polar surface area (TPSA) is 86.2 Å². The Hall–Kier alpha value is -2.38. The summed E-state index contributed by atoms with van der Waals surface area (Å²) in [4.78, 5) is 26.9. The number of aromatic nitrogens is 4. The SMILES string of the molecule is Cc1noc(C)c1CCC(=O)N1CCC(c2nn(C)c(=O)n2C2CC2)CC1. The molecule has 146 valence electrons. The van der Waals surface area contributed by atoms with Crippen LogP contribution < -0.4 is 5.69 Å². The van der Waals surface area contributed by atoms with Gasteiger partial charge in [-0.25, -0.2) is 9.48 Å². The smallest absolute Gasteiger partial charge is 0.345 e. The van der Waals surface area contributed by atoms with Gasteiger partial charge in [0.25, 0.3) is 0 Å². The van der Waals surface area contributed by atoms with Gasteiger partial charge in [-0.15, -0.1) is 0 Å². The average Bonchev–Trinajstić information content (AvgIpc) is 3.39. The number of carbonyl (C=O) groups excluding carboxylic acids is 1. The summed E-state index contributed by atoms with van der Waals surface area (Å²) in [6.07, 6.45) is 5.00. The van der Waals surface area contributed by atoms with Gasteiger partial charge in [0.2, 0.25) is 5.91 Å². The highest BCUT2D eigenvalue weighted by molar-refractivity contribution is 5.76. The number of piperidine rings is 1. The molecule has 2 aromatic rings. The molecule has 27 heavy (non-hydrogen) atoms. The van der Waals surface area contributed by atoms with E-state index in [0.717, 1.165) is 61.6 Å². The molecule has 4 rings (SSSR count). The maximum atomic E-state index is 12.6. The van der Waals surface area contributed by atoms with Gasteiger partial charge in [0, 0.05) is 44.1 Å². The summed E-state index contributed by atoms with van der Waals surface area (Å²) >= 11 is 0. The Morgan fingerprint density at radius 2 is 1.89 bits per heavy atom. The van der Waals surface area contributed by atoms with E-state index < -0.39 is 0 Å². The Morgan fingerprint density at radius 3 is 2.48 bits per heavy atom. The lowest BCUT2D eigenvalue weighted by Gasteiger charge is -2.31. The summed E-state index contributed by atoms with van der Waals surface area (Å²) in [6, 6.07) is 0.330. The fourth-order valence-corrected chi connectivity index (χ4v) is 4.09. The molecule has 2 fully saturated rings. The summed E-state index contributed by atoms with van der Waals surface area (Å²) in [6.45, 7) is 5.24. The molecule has 0 radical (unpaired) electrons. The van der Waals surface area contributed by atoms with Crippen molar-refractivity contribution in [2.45, 2.75) is 64.3 Å². The molecule has 0 atom stereocenters. The first-order valence-electron chi connectivity index (χ1n) is 9.80. The molecule has 0 aromatic carbocycles. The predicted molar refractivity (Wildman–Crippen MR) is 98.6 cm³/mol. The van der Waals surface area contributed by atoms with E-state index in [-0.39, 0.29) is 17.5 Å². The Labute approximate surface area is 158 Å².